The van der Waals surface area contributed by atoms with Gasteiger partial charge in [-0.25, -0.2) is 0 Å². The van der Waals surface area contributed by atoms with Crippen LogP contribution in [-0.4, -0.2) is 43.7 Å². The molecule has 0 bridgehead atoms. The SMILES string of the molecule is CCCN(O)N=[OH+].CCCN(O)N=[OH+].[Cu]. The van der Waals surface area contributed by atoms with Crippen LogP contribution in [0, 0.1) is 0 Å². The average Bonchev–Trinajstić information content (AvgIpc) is 2.19. The molecule has 0 fully saturated rings. The number of hydrogen-bond acceptors (Lipinski definition) is 4. The maximum atomic E-state index is 8.27. The van der Waals surface area contributed by atoms with Crippen molar-refractivity contribution in [1.82, 2.24) is 10.3 Å². The minimum atomic E-state index is 0. The van der Waals surface area contributed by atoms with E-state index < -0.39 is 0 Å². The first-order valence-electron chi connectivity index (χ1n) is 4.25. The van der Waals surface area contributed by atoms with E-state index in [4.69, 9.17) is 20.2 Å². The summed E-state index contributed by atoms with van der Waals surface area (Å²) in [6, 6.07) is 0. The van der Waals surface area contributed by atoms with E-state index in [1.54, 1.807) is 0 Å². The molecule has 15 heavy (non-hydrogen) atoms. The van der Waals surface area contributed by atoms with Crippen LogP contribution in [-0.2, 0) is 17.1 Å². The van der Waals surface area contributed by atoms with Crippen LogP contribution in [0.15, 0.2) is 10.6 Å². The summed E-state index contributed by atoms with van der Waals surface area (Å²) in [5.74, 6) is 0. The Morgan fingerprint density at radius 3 is 1.27 bits per heavy atom. The van der Waals surface area contributed by atoms with Crippen molar-refractivity contribution in [3.8, 4) is 0 Å². The van der Waals surface area contributed by atoms with Crippen LogP contribution in [0.25, 0.3) is 0 Å². The molecular weight excluding hydrogens is 256 g/mol. The molecule has 0 unspecified atom stereocenters. The van der Waals surface area contributed by atoms with Crippen LogP contribution < -0.4 is 0 Å². The summed E-state index contributed by atoms with van der Waals surface area (Å²) in [4.78, 5) is 15.5. The van der Waals surface area contributed by atoms with Gasteiger partial charge in [-0.15, -0.1) is 9.81 Å². The topological polar surface area (TPSA) is 114 Å². The van der Waals surface area contributed by atoms with E-state index in [1.165, 1.54) is 0 Å². The Morgan fingerprint density at radius 2 is 1.20 bits per heavy atom. The van der Waals surface area contributed by atoms with Crippen LogP contribution in [0.3, 0.4) is 0 Å². The predicted octanol–water partition coefficient (Wildman–Crippen LogP) is 1.11. The molecule has 0 aliphatic heterocycles. The number of hydrogen-bond donors (Lipinski definition) is 2. The summed E-state index contributed by atoms with van der Waals surface area (Å²) >= 11 is 0. The monoisotopic (exact) mass is 273 g/mol. The van der Waals surface area contributed by atoms with Crippen molar-refractivity contribution < 1.29 is 37.3 Å². The van der Waals surface area contributed by atoms with Crippen molar-refractivity contribution >= 4 is 0 Å². The van der Waals surface area contributed by atoms with Crippen molar-refractivity contribution in [2.24, 2.45) is 10.6 Å². The molecule has 0 aliphatic carbocycles. The van der Waals surface area contributed by atoms with Crippen molar-refractivity contribution in [3.63, 3.8) is 0 Å². The van der Waals surface area contributed by atoms with Crippen molar-refractivity contribution in [1.29, 1.82) is 0 Å². The molecule has 0 aromatic heterocycles. The van der Waals surface area contributed by atoms with E-state index in [0.29, 0.717) is 23.4 Å². The predicted molar refractivity (Wildman–Crippen MR) is 46.3 cm³/mol. The molecule has 0 spiro atoms. The van der Waals surface area contributed by atoms with Gasteiger partial charge in [0.15, 0.2) is 0 Å². The van der Waals surface area contributed by atoms with Gasteiger partial charge in [0.25, 0.3) is 10.6 Å². The van der Waals surface area contributed by atoms with E-state index in [1.807, 2.05) is 13.8 Å². The summed E-state index contributed by atoms with van der Waals surface area (Å²) in [5.41, 5.74) is 0. The Kier molecular flexibility index (Phi) is 20.7. The van der Waals surface area contributed by atoms with Gasteiger partial charge in [0, 0.05) is 17.1 Å². The molecule has 0 aliphatic rings. The normalized spacial score (nSPS) is 7.73. The fourth-order valence-electron chi connectivity index (χ4n) is 0.489. The van der Waals surface area contributed by atoms with Gasteiger partial charge in [0.1, 0.15) is 0 Å². The van der Waals surface area contributed by atoms with Gasteiger partial charge < -0.3 is 0 Å². The molecule has 0 saturated heterocycles. The largest absolute Gasteiger partial charge is 0.272 e. The second kappa shape index (κ2) is 15.7. The third kappa shape index (κ3) is 19.6. The minimum absolute atomic E-state index is 0. The van der Waals surface area contributed by atoms with Crippen molar-refractivity contribution in [2.45, 2.75) is 26.7 Å². The zero-order valence-electron chi connectivity index (χ0n) is 8.71. The molecule has 95 valence electrons. The zero-order chi connectivity index (χ0) is 11.4. The molecular formula is C6H18CuN4O4+2. The number of nitroso groups, excluding NO2 is 2. The number of rotatable bonds is 6. The number of nitrogens with zero attached hydrogens (tertiary/aromatic N) is 4. The summed E-state index contributed by atoms with van der Waals surface area (Å²) in [7, 11) is 0. The van der Waals surface area contributed by atoms with Gasteiger partial charge in [-0.2, -0.15) is 0 Å². The Hall–Kier alpha value is -0.761. The summed E-state index contributed by atoms with van der Waals surface area (Å²) < 4.78 is 0. The minimum Gasteiger partial charge on any atom is -0.266 e. The Balaban J connectivity index is -0.000000180. The molecule has 0 amide bonds. The van der Waals surface area contributed by atoms with Crippen LogP contribution >= 0.6 is 0 Å². The van der Waals surface area contributed by atoms with Gasteiger partial charge in [-0.3, -0.25) is 10.4 Å². The standard InChI is InChI=1S/2C3H8N2O2.Cu/c2*1-2-3-5(7)4-6;/h2*7H,2-3H2,1H3;/p+2. The summed E-state index contributed by atoms with van der Waals surface area (Å²) in [5, 5.41) is 22.5. The van der Waals surface area contributed by atoms with Gasteiger partial charge in [-0.05, 0) is 12.8 Å². The van der Waals surface area contributed by atoms with Gasteiger partial charge in [-0.1, -0.05) is 24.2 Å². The molecule has 0 aromatic carbocycles. The molecule has 0 saturated carbocycles. The fourth-order valence-corrected chi connectivity index (χ4v) is 0.489. The van der Waals surface area contributed by atoms with Crippen molar-refractivity contribution in [3.05, 3.63) is 0 Å². The molecule has 4 N–H and O–H groups in total. The third-order valence-electron chi connectivity index (χ3n) is 1.05. The molecule has 0 heterocycles. The van der Waals surface area contributed by atoms with Crippen LogP contribution in [0.2, 0.25) is 0 Å². The van der Waals surface area contributed by atoms with Crippen LogP contribution in [0.4, 0.5) is 0 Å². The van der Waals surface area contributed by atoms with Gasteiger partial charge >= 0.3 is 0 Å². The first-order chi connectivity index (χ1) is 6.62. The van der Waals surface area contributed by atoms with E-state index in [0.717, 1.165) is 12.8 Å². The van der Waals surface area contributed by atoms with Gasteiger partial charge in [0.2, 0.25) is 0 Å². The first kappa shape index (κ1) is 19.8. The zero-order valence-corrected chi connectivity index (χ0v) is 9.65. The second-order valence-electron chi connectivity index (χ2n) is 2.37. The summed E-state index contributed by atoms with van der Waals surface area (Å²) in [6.45, 7) is 4.48. The maximum Gasteiger partial charge on any atom is 0.272 e. The van der Waals surface area contributed by atoms with Crippen molar-refractivity contribution in [2.75, 3.05) is 13.1 Å². The van der Waals surface area contributed by atoms with Gasteiger partial charge in [0.05, 0.1) is 13.1 Å². The first-order valence-corrected chi connectivity index (χ1v) is 4.25. The smallest absolute Gasteiger partial charge is 0.266 e. The number of hydroxylamine groups is 2. The quantitative estimate of drug-likeness (QED) is 0.428. The third-order valence-corrected chi connectivity index (χ3v) is 1.05. The summed E-state index contributed by atoms with van der Waals surface area (Å²) in [6.07, 6.45) is 1.53. The second-order valence-corrected chi connectivity index (χ2v) is 2.37. The van der Waals surface area contributed by atoms with Crippen LogP contribution in [0.1, 0.15) is 26.7 Å². The fraction of sp³-hybridized carbons (Fsp3) is 1.00. The van der Waals surface area contributed by atoms with E-state index in [9.17, 15) is 0 Å². The Labute approximate surface area is 98.5 Å². The molecule has 9 heteroatoms. The molecule has 0 aromatic rings. The Bertz CT molecular complexity index is 135. The van der Waals surface area contributed by atoms with Crippen LogP contribution in [0.5, 0.6) is 0 Å². The van der Waals surface area contributed by atoms with E-state index >= 15 is 0 Å². The molecule has 0 atom stereocenters. The Morgan fingerprint density at radius 1 is 0.933 bits per heavy atom. The molecule has 1 radical (unpaired) electrons. The maximum absolute atomic E-state index is 8.27. The van der Waals surface area contributed by atoms with E-state index in [2.05, 4.69) is 10.6 Å². The van der Waals surface area contributed by atoms with E-state index in [-0.39, 0.29) is 17.1 Å². The average molecular weight is 274 g/mol. The molecule has 0 rings (SSSR count). The molecule has 8 nitrogen and oxygen atoms in total.